The summed E-state index contributed by atoms with van der Waals surface area (Å²) in [7, 11) is 0. The van der Waals surface area contributed by atoms with Gasteiger partial charge in [0.05, 0.1) is 0 Å². The van der Waals surface area contributed by atoms with Crippen molar-refractivity contribution in [2.24, 2.45) is 0 Å². The number of carbonyl (C=O) groups excluding carboxylic acids is 2. The van der Waals surface area contributed by atoms with Crippen LogP contribution in [-0.4, -0.2) is 60.3 Å². The molecule has 0 atom stereocenters. The predicted molar refractivity (Wildman–Crippen MR) is 80.6 cm³/mol. The zero-order chi connectivity index (χ0) is 15.2. The predicted octanol–water partition coefficient (Wildman–Crippen LogP) is 1.28. The zero-order valence-corrected chi connectivity index (χ0v) is 12.8. The van der Waals surface area contributed by atoms with Crippen molar-refractivity contribution in [1.29, 1.82) is 0 Å². The van der Waals surface area contributed by atoms with Gasteiger partial charge in [0.1, 0.15) is 11.6 Å². The third kappa shape index (κ3) is 4.36. The second kappa shape index (κ2) is 7.31. The van der Waals surface area contributed by atoms with Crippen molar-refractivity contribution in [2.75, 3.05) is 38.7 Å². The number of rotatable bonds is 4. The van der Waals surface area contributed by atoms with Crippen LogP contribution < -0.4 is 4.74 Å². The Morgan fingerprint density at radius 2 is 1.76 bits per heavy atom. The first-order chi connectivity index (χ1) is 10.1. The van der Waals surface area contributed by atoms with Gasteiger partial charge in [-0.15, -0.1) is 11.6 Å². The summed E-state index contributed by atoms with van der Waals surface area (Å²) >= 11 is 5.52. The normalized spacial score (nSPS) is 15.0. The first-order valence-electron chi connectivity index (χ1n) is 6.91. The van der Waals surface area contributed by atoms with Crippen molar-refractivity contribution < 1.29 is 14.3 Å². The van der Waals surface area contributed by atoms with Gasteiger partial charge in [-0.3, -0.25) is 9.59 Å². The molecule has 2 rings (SSSR count). The van der Waals surface area contributed by atoms with E-state index in [0.717, 1.165) is 5.56 Å². The molecule has 5 nitrogen and oxygen atoms in total. The molecule has 1 aliphatic rings. The Labute approximate surface area is 129 Å². The molecule has 1 aliphatic heterocycles. The maximum absolute atomic E-state index is 12.1. The summed E-state index contributed by atoms with van der Waals surface area (Å²) in [4.78, 5) is 26.9. The van der Waals surface area contributed by atoms with E-state index in [1.54, 1.807) is 9.80 Å². The number of hydrogen-bond donors (Lipinski definition) is 0. The third-order valence-electron chi connectivity index (χ3n) is 3.45. The van der Waals surface area contributed by atoms with Gasteiger partial charge in [0.15, 0.2) is 6.61 Å². The highest BCUT2D eigenvalue weighted by Crippen LogP contribution is 2.12. The van der Waals surface area contributed by atoms with Crippen molar-refractivity contribution in [3.05, 3.63) is 29.8 Å². The molecule has 0 bridgehead atoms. The first kappa shape index (κ1) is 15.6. The number of aryl methyl sites for hydroxylation is 1. The number of hydrogen-bond acceptors (Lipinski definition) is 3. The van der Waals surface area contributed by atoms with Crippen LogP contribution in [0, 0.1) is 6.92 Å². The minimum atomic E-state index is -0.0835. The number of ether oxygens (including phenoxy) is 1. The molecule has 1 fully saturated rings. The molecule has 0 radical (unpaired) electrons. The number of amides is 2. The number of alkyl halides is 1. The molecule has 0 unspecified atom stereocenters. The van der Waals surface area contributed by atoms with Gasteiger partial charge >= 0.3 is 0 Å². The van der Waals surface area contributed by atoms with E-state index >= 15 is 0 Å². The Kier molecular flexibility index (Phi) is 5.44. The van der Waals surface area contributed by atoms with Gasteiger partial charge in [-0.05, 0) is 24.6 Å². The first-order valence-corrected chi connectivity index (χ1v) is 7.44. The van der Waals surface area contributed by atoms with E-state index in [4.69, 9.17) is 16.3 Å². The third-order valence-corrected chi connectivity index (χ3v) is 3.68. The van der Waals surface area contributed by atoms with Crippen LogP contribution in [0.5, 0.6) is 5.75 Å². The molecule has 21 heavy (non-hydrogen) atoms. The lowest BCUT2D eigenvalue weighted by Gasteiger charge is -2.34. The van der Waals surface area contributed by atoms with Gasteiger partial charge in [0.25, 0.3) is 5.91 Å². The van der Waals surface area contributed by atoms with Gasteiger partial charge in [-0.1, -0.05) is 12.1 Å². The van der Waals surface area contributed by atoms with E-state index in [2.05, 4.69) is 0 Å². The quantitative estimate of drug-likeness (QED) is 0.787. The summed E-state index contributed by atoms with van der Waals surface area (Å²) in [6.45, 7) is 4.11. The van der Waals surface area contributed by atoms with Crippen LogP contribution in [-0.2, 0) is 9.59 Å². The molecule has 6 heteroatoms. The molecule has 2 amide bonds. The van der Waals surface area contributed by atoms with Crippen molar-refractivity contribution in [3.63, 3.8) is 0 Å². The molecule has 1 heterocycles. The van der Waals surface area contributed by atoms with Gasteiger partial charge in [0.2, 0.25) is 5.91 Å². The number of nitrogens with zero attached hydrogens (tertiary/aromatic N) is 2. The topological polar surface area (TPSA) is 49.9 Å². The molecule has 1 aromatic carbocycles. The highest BCUT2D eigenvalue weighted by atomic mass is 35.5. The monoisotopic (exact) mass is 310 g/mol. The maximum Gasteiger partial charge on any atom is 0.260 e. The summed E-state index contributed by atoms with van der Waals surface area (Å²) in [5.74, 6) is 0.540. The lowest BCUT2D eigenvalue weighted by atomic mass is 10.2. The average molecular weight is 311 g/mol. The number of carbonyl (C=O) groups is 2. The van der Waals surface area contributed by atoms with Crippen LogP contribution in [0.1, 0.15) is 5.56 Å². The molecule has 0 saturated carbocycles. The fourth-order valence-corrected chi connectivity index (χ4v) is 2.40. The van der Waals surface area contributed by atoms with Crippen LogP contribution >= 0.6 is 11.6 Å². The molecule has 1 saturated heterocycles. The van der Waals surface area contributed by atoms with E-state index in [0.29, 0.717) is 31.9 Å². The van der Waals surface area contributed by atoms with Crippen LogP contribution in [0.2, 0.25) is 0 Å². The SMILES string of the molecule is Cc1cccc(OCC(=O)N2CCN(C(=O)CCl)CC2)c1. The minimum absolute atomic E-state index is 0.00951. The van der Waals surface area contributed by atoms with Gasteiger partial charge < -0.3 is 14.5 Å². The fourth-order valence-electron chi connectivity index (χ4n) is 2.23. The summed E-state index contributed by atoms with van der Waals surface area (Å²) < 4.78 is 5.50. The molecule has 114 valence electrons. The molecule has 0 N–H and O–H groups in total. The van der Waals surface area contributed by atoms with Gasteiger partial charge in [-0.2, -0.15) is 0 Å². The van der Waals surface area contributed by atoms with Crippen molar-refractivity contribution in [1.82, 2.24) is 9.80 Å². The Bertz CT molecular complexity index is 513. The maximum atomic E-state index is 12.1. The lowest BCUT2D eigenvalue weighted by Crippen LogP contribution is -2.51. The summed E-state index contributed by atoms with van der Waals surface area (Å²) in [5.41, 5.74) is 1.09. The van der Waals surface area contributed by atoms with E-state index in [9.17, 15) is 9.59 Å². The molecule has 0 aromatic heterocycles. The Morgan fingerprint density at radius 3 is 2.33 bits per heavy atom. The fraction of sp³-hybridized carbons (Fsp3) is 0.467. The van der Waals surface area contributed by atoms with Crippen LogP contribution in [0.25, 0.3) is 0 Å². The van der Waals surface area contributed by atoms with Crippen LogP contribution in [0.3, 0.4) is 0 Å². The zero-order valence-electron chi connectivity index (χ0n) is 12.0. The van der Waals surface area contributed by atoms with Crippen LogP contribution in [0.15, 0.2) is 24.3 Å². The van der Waals surface area contributed by atoms with Crippen molar-refractivity contribution in [3.8, 4) is 5.75 Å². The van der Waals surface area contributed by atoms with Crippen molar-refractivity contribution in [2.45, 2.75) is 6.92 Å². The molecule has 0 aliphatic carbocycles. The number of piperazine rings is 1. The van der Waals surface area contributed by atoms with Crippen molar-refractivity contribution >= 4 is 23.4 Å². The van der Waals surface area contributed by atoms with Gasteiger partial charge in [-0.25, -0.2) is 0 Å². The standard InChI is InChI=1S/C15H19ClN2O3/c1-12-3-2-4-13(9-12)21-11-15(20)18-7-5-17(6-8-18)14(19)10-16/h2-4,9H,5-8,10-11H2,1H3. The summed E-state index contributed by atoms with van der Waals surface area (Å²) in [5, 5.41) is 0. The molecular weight excluding hydrogens is 292 g/mol. The minimum Gasteiger partial charge on any atom is -0.484 e. The molecule has 0 spiro atoms. The summed E-state index contributed by atoms with van der Waals surface area (Å²) in [6.07, 6.45) is 0. The second-order valence-electron chi connectivity index (χ2n) is 5.00. The Hall–Kier alpha value is -1.75. The average Bonchev–Trinajstić information content (AvgIpc) is 2.52. The highest BCUT2D eigenvalue weighted by Gasteiger charge is 2.23. The van der Waals surface area contributed by atoms with Gasteiger partial charge in [0, 0.05) is 26.2 Å². The molecule has 1 aromatic rings. The van der Waals surface area contributed by atoms with Crippen LogP contribution in [0.4, 0.5) is 0 Å². The molecular formula is C15H19ClN2O3. The highest BCUT2D eigenvalue weighted by molar-refractivity contribution is 6.27. The smallest absolute Gasteiger partial charge is 0.260 e. The number of benzene rings is 1. The lowest BCUT2D eigenvalue weighted by molar-refractivity contribution is -0.139. The van der Waals surface area contributed by atoms with E-state index in [-0.39, 0.29) is 24.3 Å². The number of halogens is 1. The van der Waals surface area contributed by atoms with E-state index in [1.165, 1.54) is 0 Å². The Balaban J connectivity index is 1.78. The second-order valence-corrected chi connectivity index (χ2v) is 5.27. The largest absolute Gasteiger partial charge is 0.484 e. The van der Waals surface area contributed by atoms with E-state index in [1.807, 2.05) is 31.2 Å². The van der Waals surface area contributed by atoms with E-state index < -0.39 is 0 Å². The Morgan fingerprint density at radius 1 is 1.14 bits per heavy atom. The summed E-state index contributed by atoms with van der Waals surface area (Å²) in [6, 6.07) is 7.59.